The maximum absolute atomic E-state index is 12.8. The number of hydrogen-bond acceptors (Lipinski definition) is 4. The Hall–Kier alpha value is -3.32. The number of rotatable bonds is 8. The van der Waals surface area contributed by atoms with E-state index in [0.29, 0.717) is 23.7 Å². The lowest BCUT2D eigenvalue weighted by Gasteiger charge is -2.20. The molecule has 0 saturated heterocycles. The summed E-state index contributed by atoms with van der Waals surface area (Å²) in [7, 11) is -2.14. The second-order valence-corrected chi connectivity index (χ2v) is 9.08. The maximum Gasteiger partial charge on any atom is 0.264 e. The third-order valence-electron chi connectivity index (χ3n) is 4.80. The summed E-state index contributed by atoms with van der Waals surface area (Å²) in [5.74, 6) is 0.442. The minimum atomic E-state index is -3.66. The number of carbonyl (C=O) groups excluding carboxylic acids is 1. The second-order valence-electron chi connectivity index (χ2n) is 7.11. The van der Waals surface area contributed by atoms with Crippen LogP contribution < -0.4 is 14.4 Å². The number of para-hydroxylation sites is 2. The van der Waals surface area contributed by atoms with Crippen LogP contribution >= 0.6 is 0 Å². The van der Waals surface area contributed by atoms with Crippen molar-refractivity contribution in [3.63, 3.8) is 0 Å². The summed E-state index contributed by atoms with van der Waals surface area (Å²) in [6.07, 6.45) is 0.162. The molecule has 0 aromatic heterocycles. The third-order valence-corrected chi connectivity index (χ3v) is 6.60. The van der Waals surface area contributed by atoms with E-state index in [0.717, 1.165) is 11.1 Å². The van der Waals surface area contributed by atoms with Gasteiger partial charge in [0.1, 0.15) is 5.75 Å². The van der Waals surface area contributed by atoms with Crippen LogP contribution in [0, 0.1) is 6.92 Å². The van der Waals surface area contributed by atoms with Crippen molar-refractivity contribution in [2.45, 2.75) is 25.2 Å². The van der Waals surface area contributed by atoms with Gasteiger partial charge in [-0.05, 0) is 55.8 Å². The smallest absolute Gasteiger partial charge is 0.264 e. The third kappa shape index (κ3) is 5.44. The molecule has 6 nitrogen and oxygen atoms in total. The number of sulfonamides is 1. The molecule has 0 aliphatic heterocycles. The molecule has 0 bridgehead atoms. The average molecular weight is 439 g/mol. The fourth-order valence-corrected chi connectivity index (χ4v) is 4.26. The van der Waals surface area contributed by atoms with Crippen molar-refractivity contribution < 1.29 is 17.9 Å². The molecule has 0 heterocycles. The number of anilines is 2. The topological polar surface area (TPSA) is 75.7 Å². The highest BCUT2D eigenvalue weighted by atomic mass is 32.2. The number of ether oxygens (including phenoxy) is 1. The minimum Gasteiger partial charge on any atom is -0.492 e. The van der Waals surface area contributed by atoms with Crippen LogP contribution in [0.2, 0.25) is 0 Å². The first-order chi connectivity index (χ1) is 14.8. The van der Waals surface area contributed by atoms with Crippen LogP contribution in [0.4, 0.5) is 11.4 Å². The molecule has 0 atom stereocenters. The van der Waals surface area contributed by atoms with E-state index < -0.39 is 10.0 Å². The van der Waals surface area contributed by atoms with Crippen molar-refractivity contribution in [3.8, 4) is 5.75 Å². The van der Waals surface area contributed by atoms with E-state index in [1.807, 2.05) is 26.0 Å². The Morgan fingerprint density at radius 2 is 1.61 bits per heavy atom. The zero-order valence-corrected chi connectivity index (χ0v) is 18.6. The van der Waals surface area contributed by atoms with Crippen molar-refractivity contribution in [3.05, 3.63) is 83.9 Å². The zero-order valence-electron chi connectivity index (χ0n) is 17.8. The number of benzene rings is 3. The van der Waals surface area contributed by atoms with Gasteiger partial charge < -0.3 is 10.1 Å². The van der Waals surface area contributed by atoms with Crippen molar-refractivity contribution >= 4 is 27.3 Å². The van der Waals surface area contributed by atoms with Gasteiger partial charge in [0.25, 0.3) is 10.0 Å². The van der Waals surface area contributed by atoms with Gasteiger partial charge in [0, 0.05) is 7.05 Å². The fraction of sp³-hybridized carbons (Fsp3) is 0.208. The summed E-state index contributed by atoms with van der Waals surface area (Å²) in [5.41, 5.74) is 2.91. The summed E-state index contributed by atoms with van der Waals surface area (Å²) in [6, 6.07) is 20.9. The first kappa shape index (κ1) is 22.4. The molecule has 0 aliphatic rings. The first-order valence-corrected chi connectivity index (χ1v) is 11.4. The molecular weight excluding hydrogens is 412 g/mol. The van der Waals surface area contributed by atoms with E-state index in [1.54, 1.807) is 60.7 Å². The van der Waals surface area contributed by atoms with E-state index in [1.165, 1.54) is 11.4 Å². The predicted molar refractivity (Wildman–Crippen MR) is 123 cm³/mol. The van der Waals surface area contributed by atoms with Crippen LogP contribution in [0.25, 0.3) is 0 Å². The molecule has 0 fully saturated rings. The number of hydrogen-bond donors (Lipinski definition) is 1. The average Bonchev–Trinajstić information content (AvgIpc) is 2.75. The standard InChI is InChI=1S/C24H26N2O4S/c1-4-30-23-8-6-5-7-22(23)25-24(27)17-19-11-13-20(14-12-19)26(3)31(28,29)21-15-9-18(2)10-16-21/h5-16H,4,17H2,1-3H3,(H,25,27). The molecule has 0 saturated carbocycles. The van der Waals surface area contributed by atoms with Gasteiger partial charge in [0.2, 0.25) is 5.91 Å². The maximum atomic E-state index is 12.8. The van der Waals surface area contributed by atoms with Crippen molar-refractivity contribution in [1.82, 2.24) is 0 Å². The van der Waals surface area contributed by atoms with E-state index in [2.05, 4.69) is 5.32 Å². The molecular formula is C24H26N2O4S. The summed E-state index contributed by atoms with van der Waals surface area (Å²) in [5, 5.41) is 2.86. The molecule has 0 radical (unpaired) electrons. The molecule has 1 N–H and O–H groups in total. The van der Waals surface area contributed by atoms with Gasteiger partial charge in [-0.2, -0.15) is 0 Å². The van der Waals surface area contributed by atoms with Gasteiger partial charge in [0.05, 0.1) is 29.3 Å². The molecule has 162 valence electrons. The minimum absolute atomic E-state index is 0.162. The Labute approximate surface area is 183 Å². The largest absolute Gasteiger partial charge is 0.492 e. The lowest BCUT2D eigenvalue weighted by atomic mass is 10.1. The molecule has 31 heavy (non-hydrogen) atoms. The van der Waals surface area contributed by atoms with E-state index >= 15 is 0 Å². The summed E-state index contributed by atoms with van der Waals surface area (Å²) in [4.78, 5) is 12.7. The normalized spacial score (nSPS) is 11.1. The highest BCUT2D eigenvalue weighted by molar-refractivity contribution is 7.92. The van der Waals surface area contributed by atoms with Gasteiger partial charge in [-0.25, -0.2) is 8.42 Å². The number of carbonyl (C=O) groups is 1. The Kier molecular flexibility index (Phi) is 6.97. The summed E-state index contributed by atoms with van der Waals surface area (Å²) in [6.45, 7) is 4.30. The molecule has 1 amide bonds. The molecule has 3 aromatic rings. The van der Waals surface area contributed by atoms with E-state index in [4.69, 9.17) is 4.74 Å². The fourth-order valence-electron chi connectivity index (χ4n) is 3.06. The Morgan fingerprint density at radius 3 is 2.26 bits per heavy atom. The molecule has 3 aromatic carbocycles. The van der Waals surface area contributed by atoms with Gasteiger partial charge >= 0.3 is 0 Å². The Balaban J connectivity index is 1.68. The second kappa shape index (κ2) is 9.66. The molecule has 3 rings (SSSR count). The zero-order chi connectivity index (χ0) is 22.4. The van der Waals surface area contributed by atoms with Gasteiger partial charge in [0.15, 0.2) is 0 Å². The van der Waals surface area contributed by atoms with Crippen LogP contribution in [-0.4, -0.2) is 28.0 Å². The Morgan fingerprint density at radius 1 is 0.968 bits per heavy atom. The van der Waals surface area contributed by atoms with Crippen molar-refractivity contribution in [2.24, 2.45) is 0 Å². The summed E-state index contributed by atoms with van der Waals surface area (Å²) >= 11 is 0. The van der Waals surface area contributed by atoms with Gasteiger partial charge in [-0.3, -0.25) is 9.10 Å². The van der Waals surface area contributed by atoms with Crippen LogP contribution in [-0.2, 0) is 21.2 Å². The SMILES string of the molecule is CCOc1ccccc1NC(=O)Cc1ccc(N(C)S(=O)(=O)c2ccc(C)cc2)cc1. The number of aryl methyl sites for hydroxylation is 1. The van der Waals surface area contributed by atoms with Crippen LogP contribution in [0.1, 0.15) is 18.1 Å². The number of amides is 1. The predicted octanol–water partition coefficient (Wildman–Crippen LogP) is 4.40. The molecule has 0 unspecified atom stereocenters. The van der Waals surface area contributed by atoms with E-state index in [-0.39, 0.29) is 17.2 Å². The van der Waals surface area contributed by atoms with Crippen LogP contribution in [0.5, 0.6) is 5.75 Å². The lowest BCUT2D eigenvalue weighted by Crippen LogP contribution is -2.26. The van der Waals surface area contributed by atoms with Crippen LogP contribution in [0.15, 0.2) is 77.7 Å². The van der Waals surface area contributed by atoms with Crippen molar-refractivity contribution in [2.75, 3.05) is 23.3 Å². The monoisotopic (exact) mass is 438 g/mol. The molecule has 7 heteroatoms. The lowest BCUT2D eigenvalue weighted by molar-refractivity contribution is -0.115. The first-order valence-electron chi connectivity index (χ1n) is 9.97. The number of nitrogens with one attached hydrogen (secondary N) is 1. The number of nitrogens with zero attached hydrogens (tertiary/aromatic N) is 1. The summed E-state index contributed by atoms with van der Waals surface area (Å²) < 4.78 is 32.5. The quantitative estimate of drug-likeness (QED) is 0.566. The van der Waals surface area contributed by atoms with Gasteiger partial charge in [-0.15, -0.1) is 0 Å². The van der Waals surface area contributed by atoms with Crippen molar-refractivity contribution in [1.29, 1.82) is 0 Å². The molecule has 0 spiro atoms. The van der Waals surface area contributed by atoms with Gasteiger partial charge in [-0.1, -0.05) is 42.0 Å². The Bertz CT molecular complexity index is 1140. The van der Waals surface area contributed by atoms with Crippen LogP contribution in [0.3, 0.4) is 0 Å². The van der Waals surface area contributed by atoms with E-state index in [9.17, 15) is 13.2 Å². The highest BCUT2D eigenvalue weighted by Gasteiger charge is 2.21. The highest BCUT2D eigenvalue weighted by Crippen LogP contribution is 2.25. The molecule has 0 aliphatic carbocycles.